The molecule has 0 fully saturated rings. The molecule has 0 bridgehead atoms. The highest BCUT2D eigenvalue weighted by Crippen LogP contribution is 1.99. The van der Waals surface area contributed by atoms with Gasteiger partial charge in [-0.05, 0) is 19.8 Å². The molecule has 1 amide bonds. The number of carbonyl (C=O) groups is 1. The highest BCUT2D eigenvalue weighted by atomic mass is 79.9. The maximum atomic E-state index is 10.9. The van der Waals surface area contributed by atoms with Crippen molar-refractivity contribution in [1.82, 2.24) is 5.32 Å². The van der Waals surface area contributed by atoms with Crippen LogP contribution in [0.5, 0.6) is 0 Å². The van der Waals surface area contributed by atoms with Gasteiger partial charge in [0.1, 0.15) is 0 Å². The molecule has 2 nitrogen and oxygen atoms in total. The molecule has 0 aromatic carbocycles. The van der Waals surface area contributed by atoms with Crippen molar-refractivity contribution in [2.24, 2.45) is 0 Å². The molecule has 0 spiro atoms. The Morgan fingerprint density at radius 2 is 2.27 bits per heavy atom. The zero-order chi connectivity index (χ0) is 8.69. The Kier molecular flexibility index (Phi) is 6.62. The van der Waals surface area contributed by atoms with E-state index in [4.69, 9.17) is 0 Å². The summed E-state index contributed by atoms with van der Waals surface area (Å²) in [5.41, 5.74) is 0. The Bertz CT molecular complexity index is 117. The molecule has 0 aliphatic carbocycles. The monoisotopic (exact) mass is 221 g/mol. The largest absolute Gasteiger partial charge is 0.354 e. The second-order valence-electron chi connectivity index (χ2n) is 2.65. The topological polar surface area (TPSA) is 29.1 Å². The summed E-state index contributed by atoms with van der Waals surface area (Å²) in [5.74, 6) is 0.145. The van der Waals surface area contributed by atoms with Gasteiger partial charge < -0.3 is 5.32 Å². The lowest BCUT2D eigenvalue weighted by Crippen LogP contribution is -2.31. The molecule has 0 aliphatic heterocycles. The second-order valence-corrected chi connectivity index (χ2v) is 3.45. The third-order valence-electron chi connectivity index (χ3n) is 1.50. The Labute approximate surface area is 76.9 Å². The van der Waals surface area contributed by atoms with Gasteiger partial charge in [0.2, 0.25) is 5.91 Å². The van der Waals surface area contributed by atoms with Crippen LogP contribution in [0.1, 0.15) is 33.1 Å². The van der Waals surface area contributed by atoms with E-state index in [1.807, 2.05) is 13.8 Å². The first-order valence-corrected chi connectivity index (χ1v) is 5.18. The maximum Gasteiger partial charge on any atom is 0.219 e. The van der Waals surface area contributed by atoms with Gasteiger partial charge in [-0.2, -0.15) is 0 Å². The molecular formula is C8H16BrNO. The molecule has 0 aliphatic rings. The molecule has 0 aromatic heterocycles. The number of amides is 1. The maximum absolute atomic E-state index is 10.9. The molecule has 3 heteroatoms. The van der Waals surface area contributed by atoms with E-state index in [1.165, 1.54) is 0 Å². The highest BCUT2D eigenvalue weighted by Gasteiger charge is 2.03. The van der Waals surface area contributed by atoms with Gasteiger partial charge >= 0.3 is 0 Å². The van der Waals surface area contributed by atoms with E-state index in [0.717, 1.165) is 18.2 Å². The van der Waals surface area contributed by atoms with Crippen molar-refractivity contribution in [1.29, 1.82) is 0 Å². The summed E-state index contributed by atoms with van der Waals surface area (Å²) in [4.78, 5) is 10.9. The van der Waals surface area contributed by atoms with Crippen molar-refractivity contribution in [2.45, 2.75) is 39.2 Å². The van der Waals surface area contributed by atoms with Gasteiger partial charge in [-0.15, -0.1) is 0 Å². The van der Waals surface area contributed by atoms with E-state index in [0.29, 0.717) is 12.5 Å². The van der Waals surface area contributed by atoms with Crippen molar-refractivity contribution in [2.75, 3.05) is 5.33 Å². The predicted octanol–water partition coefficient (Wildman–Crippen LogP) is 2.08. The number of alkyl halides is 1. The van der Waals surface area contributed by atoms with Crippen LogP contribution in [0, 0.1) is 0 Å². The molecule has 0 saturated heterocycles. The van der Waals surface area contributed by atoms with Crippen molar-refractivity contribution in [3.63, 3.8) is 0 Å². The van der Waals surface area contributed by atoms with Gasteiger partial charge in [-0.3, -0.25) is 4.79 Å². The quantitative estimate of drug-likeness (QED) is 0.709. The number of rotatable bonds is 5. The summed E-state index contributed by atoms with van der Waals surface area (Å²) >= 11 is 3.35. The zero-order valence-corrected chi connectivity index (χ0v) is 8.78. The molecule has 1 N–H and O–H groups in total. The third-order valence-corrected chi connectivity index (χ3v) is 2.06. The standard InChI is InChI=1S/C8H16BrNO/c1-3-8(11)10-7(2)5-4-6-9/h7H,3-6H2,1-2H3,(H,10,11). The van der Waals surface area contributed by atoms with Gasteiger partial charge in [-0.1, -0.05) is 22.9 Å². The first-order chi connectivity index (χ1) is 5.20. The Morgan fingerprint density at radius 1 is 1.64 bits per heavy atom. The molecule has 1 unspecified atom stereocenters. The minimum Gasteiger partial charge on any atom is -0.354 e. The van der Waals surface area contributed by atoms with Crippen LogP contribution in [0.25, 0.3) is 0 Å². The fourth-order valence-corrected chi connectivity index (χ4v) is 1.16. The first kappa shape index (κ1) is 11.0. The number of halogens is 1. The van der Waals surface area contributed by atoms with Crippen LogP contribution in [-0.2, 0) is 4.79 Å². The minimum atomic E-state index is 0.145. The lowest BCUT2D eigenvalue weighted by atomic mass is 10.2. The molecule has 11 heavy (non-hydrogen) atoms. The number of carbonyl (C=O) groups excluding carboxylic acids is 1. The van der Waals surface area contributed by atoms with E-state index in [-0.39, 0.29) is 5.91 Å². The zero-order valence-electron chi connectivity index (χ0n) is 7.19. The summed E-state index contributed by atoms with van der Waals surface area (Å²) in [5, 5.41) is 3.92. The molecule has 0 heterocycles. The number of hydrogen-bond acceptors (Lipinski definition) is 1. The van der Waals surface area contributed by atoms with E-state index in [2.05, 4.69) is 21.2 Å². The lowest BCUT2D eigenvalue weighted by Gasteiger charge is -2.11. The van der Waals surface area contributed by atoms with Gasteiger partial charge in [0.25, 0.3) is 0 Å². The Morgan fingerprint density at radius 3 is 2.73 bits per heavy atom. The SMILES string of the molecule is CCC(=O)NC(C)CCCBr. The molecule has 0 aromatic rings. The van der Waals surface area contributed by atoms with Crippen molar-refractivity contribution in [3.8, 4) is 0 Å². The summed E-state index contributed by atoms with van der Waals surface area (Å²) in [6.07, 6.45) is 2.75. The normalized spacial score (nSPS) is 12.6. The van der Waals surface area contributed by atoms with E-state index in [9.17, 15) is 4.79 Å². The van der Waals surface area contributed by atoms with Crippen LogP contribution in [0.4, 0.5) is 0 Å². The summed E-state index contributed by atoms with van der Waals surface area (Å²) < 4.78 is 0. The summed E-state index contributed by atoms with van der Waals surface area (Å²) in [6, 6.07) is 0.319. The van der Waals surface area contributed by atoms with E-state index in [1.54, 1.807) is 0 Å². The summed E-state index contributed by atoms with van der Waals surface area (Å²) in [7, 11) is 0. The molecular weight excluding hydrogens is 206 g/mol. The second kappa shape index (κ2) is 6.65. The molecule has 0 rings (SSSR count). The van der Waals surface area contributed by atoms with Crippen molar-refractivity contribution >= 4 is 21.8 Å². The number of hydrogen-bond donors (Lipinski definition) is 1. The van der Waals surface area contributed by atoms with Crippen LogP contribution < -0.4 is 5.32 Å². The Hall–Kier alpha value is -0.0500. The smallest absolute Gasteiger partial charge is 0.219 e. The van der Waals surface area contributed by atoms with Crippen LogP contribution in [0.3, 0.4) is 0 Å². The Balaban J connectivity index is 3.35. The van der Waals surface area contributed by atoms with E-state index < -0.39 is 0 Å². The van der Waals surface area contributed by atoms with Crippen LogP contribution >= 0.6 is 15.9 Å². The first-order valence-electron chi connectivity index (χ1n) is 4.06. The molecule has 1 atom stereocenters. The molecule has 0 saturated carbocycles. The predicted molar refractivity (Wildman–Crippen MR) is 50.9 cm³/mol. The number of nitrogens with one attached hydrogen (secondary N) is 1. The van der Waals surface area contributed by atoms with Crippen molar-refractivity contribution in [3.05, 3.63) is 0 Å². The summed E-state index contributed by atoms with van der Waals surface area (Å²) in [6.45, 7) is 3.91. The van der Waals surface area contributed by atoms with Gasteiger partial charge in [-0.25, -0.2) is 0 Å². The molecule has 0 radical (unpaired) electrons. The van der Waals surface area contributed by atoms with E-state index >= 15 is 0 Å². The molecule has 66 valence electrons. The van der Waals surface area contributed by atoms with Gasteiger partial charge in [0.05, 0.1) is 0 Å². The van der Waals surface area contributed by atoms with Crippen molar-refractivity contribution < 1.29 is 4.79 Å². The fraction of sp³-hybridized carbons (Fsp3) is 0.875. The third kappa shape index (κ3) is 6.35. The average Bonchev–Trinajstić information content (AvgIpc) is 2.00. The lowest BCUT2D eigenvalue weighted by molar-refractivity contribution is -0.121. The van der Waals surface area contributed by atoms with Crippen LogP contribution in [0.2, 0.25) is 0 Å². The van der Waals surface area contributed by atoms with Crippen LogP contribution in [0.15, 0.2) is 0 Å². The van der Waals surface area contributed by atoms with Gasteiger partial charge in [0.15, 0.2) is 0 Å². The fourth-order valence-electron chi connectivity index (χ4n) is 0.832. The average molecular weight is 222 g/mol. The van der Waals surface area contributed by atoms with Gasteiger partial charge in [0, 0.05) is 17.8 Å². The minimum absolute atomic E-state index is 0.145. The van der Waals surface area contributed by atoms with Crippen LogP contribution in [-0.4, -0.2) is 17.3 Å². The highest BCUT2D eigenvalue weighted by molar-refractivity contribution is 9.09.